The molecule has 0 bridgehead atoms. The second-order valence-corrected chi connectivity index (χ2v) is 12.1. The summed E-state index contributed by atoms with van der Waals surface area (Å²) in [6, 6.07) is 0. The zero-order valence-electron chi connectivity index (χ0n) is 22.2. The Morgan fingerprint density at radius 1 is 0.500 bits per heavy atom. The molecule has 0 aromatic carbocycles. The lowest BCUT2D eigenvalue weighted by Crippen LogP contribution is -2.41. The first-order valence-corrected chi connectivity index (χ1v) is 11.8. The predicted octanol–water partition coefficient (Wildman–Crippen LogP) is 5.29. The average Bonchev–Trinajstić information content (AvgIpc) is 2.64. The molecule has 0 spiro atoms. The van der Waals surface area contributed by atoms with Gasteiger partial charge < -0.3 is 28.4 Å². The Balaban J connectivity index is 2.87. The minimum atomic E-state index is -4.43. The van der Waals surface area contributed by atoms with E-state index in [2.05, 4.69) is 0 Å². The number of rotatable bonds is 6. The van der Waals surface area contributed by atoms with Gasteiger partial charge in [-0.1, -0.05) is 41.5 Å². The molecule has 12 heteroatoms. The van der Waals surface area contributed by atoms with E-state index >= 15 is 0 Å². The van der Waals surface area contributed by atoms with E-state index < -0.39 is 47.2 Å². The van der Waals surface area contributed by atoms with Crippen LogP contribution in [-0.4, -0.2) is 91.6 Å². The Kier molecular flexibility index (Phi) is 12.4. The van der Waals surface area contributed by atoms with E-state index in [0.29, 0.717) is 0 Å². The molecule has 1 aliphatic heterocycles. The average molecular weight is 541 g/mol. The number of alkyl halides is 6. The first kappa shape index (κ1) is 33.4. The number of hydrogen-bond acceptors (Lipinski definition) is 6. The smallest absolute Gasteiger partial charge is 0.380 e. The lowest BCUT2D eigenvalue weighted by atomic mass is 9.91. The van der Waals surface area contributed by atoms with Crippen LogP contribution in [-0.2, 0) is 28.4 Å². The van der Waals surface area contributed by atoms with E-state index in [0.717, 1.165) is 0 Å². The van der Waals surface area contributed by atoms with E-state index in [1.165, 1.54) is 0 Å². The van der Waals surface area contributed by atoms with E-state index in [9.17, 15) is 26.3 Å². The molecule has 1 heterocycles. The molecule has 1 aliphatic rings. The van der Waals surface area contributed by atoms with Crippen LogP contribution in [0.25, 0.3) is 0 Å². The van der Waals surface area contributed by atoms with E-state index in [1.807, 2.05) is 27.7 Å². The monoisotopic (exact) mass is 540 g/mol. The van der Waals surface area contributed by atoms with Gasteiger partial charge in [-0.05, 0) is 0 Å². The lowest BCUT2D eigenvalue weighted by molar-refractivity contribution is -0.189. The zero-order valence-corrected chi connectivity index (χ0v) is 22.2. The van der Waals surface area contributed by atoms with Gasteiger partial charge in [-0.2, -0.15) is 26.3 Å². The van der Waals surface area contributed by atoms with Gasteiger partial charge in [-0.3, -0.25) is 0 Å². The van der Waals surface area contributed by atoms with Crippen molar-refractivity contribution in [3.8, 4) is 0 Å². The molecule has 0 saturated carbocycles. The Labute approximate surface area is 210 Å². The van der Waals surface area contributed by atoms with Gasteiger partial charge in [0.05, 0.1) is 66.1 Å². The van der Waals surface area contributed by atoms with Crippen molar-refractivity contribution in [3.05, 3.63) is 0 Å². The van der Waals surface area contributed by atoms with Crippen LogP contribution in [0.5, 0.6) is 0 Å². The highest BCUT2D eigenvalue weighted by Gasteiger charge is 2.35. The molecule has 0 aliphatic carbocycles. The van der Waals surface area contributed by atoms with Crippen LogP contribution in [0.3, 0.4) is 0 Å². The minimum absolute atomic E-state index is 0.105. The molecule has 0 unspecified atom stereocenters. The third kappa shape index (κ3) is 15.6. The van der Waals surface area contributed by atoms with Gasteiger partial charge >= 0.3 is 12.4 Å². The quantitative estimate of drug-likeness (QED) is 0.427. The summed E-state index contributed by atoms with van der Waals surface area (Å²) in [6.45, 7) is 9.32. The maximum absolute atomic E-state index is 12.6. The summed E-state index contributed by atoms with van der Waals surface area (Å²) in [7, 11) is 0. The van der Waals surface area contributed by atoms with Gasteiger partial charge in [-0.25, -0.2) is 0 Å². The summed E-state index contributed by atoms with van der Waals surface area (Å²) in [4.78, 5) is 0. The maximum atomic E-state index is 12.6. The van der Waals surface area contributed by atoms with Gasteiger partial charge in [0.2, 0.25) is 0 Å². The van der Waals surface area contributed by atoms with Crippen LogP contribution in [0.1, 0.15) is 41.5 Å². The normalized spacial score (nSPS) is 29.7. The third-order valence-electron chi connectivity index (χ3n) is 5.21. The van der Waals surface area contributed by atoms with E-state index in [1.54, 1.807) is 13.8 Å². The molecular weight excluding hydrogens is 498 g/mol. The van der Waals surface area contributed by atoms with Crippen LogP contribution in [0.4, 0.5) is 26.3 Å². The van der Waals surface area contributed by atoms with E-state index in [-0.39, 0.29) is 66.1 Å². The molecule has 0 atom stereocenters. The molecular formula is C24H42F6O6. The lowest BCUT2D eigenvalue weighted by Gasteiger charge is -2.35. The highest BCUT2D eigenvalue weighted by Crippen LogP contribution is 2.28. The van der Waals surface area contributed by atoms with Gasteiger partial charge in [0.25, 0.3) is 0 Å². The predicted molar refractivity (Wildman–Crippen MR) is 121 cm³/mol. The van der Waals surface area contributed by atoms with Crippen molar-refractivity contribution in [1.29, 1.82) is 0 Å². The summed E-state index contributed by atoms with van der Waals surface area (Å²) in [5.41, 5.74) is -2.57. The maximum Gasteiger partial charge on any atom is 0.411 e. The standard InChI is InChI=1S/C24H42F6O6/c1-19(2)7-31-11-21(5,15-35-17-23(25,26)27)13-33-9-20(3,4)10-34-14-22(6,12-32-8-19)16-36-18-24(28,29)30/h7-18H2,1-6H3/t21-,22+. The van der Waals surface area contributed by atoms with Crippen LogP contribution < -0.4 is 0 Å². The van der Waals surface area contributed by atoms with Gasteiger partial charge in [-0.15, -0.1) is 0 Å². The highest BCUT2D eigenvalue weighted by molar-refractivity contribution is 4.79. The van der Waals surface area contributed by atoms with Crippen LogP contribution in [0, 0.1) is 21.7 Å². The Hall–Kier alpha value is -0.660. The molecule has 0 N–H and O–H groups in total. The second kappa shape index (κ2) is 13.4. The molecule has 0 aromatic heterocycles. The van der Waals surface area contributed by atoms with Gasteiger partial charge in [0, 0.05) is 21.7 Å². The summed E-state index contributed by atoms with van der Waals surface area (Å²) in [5, 5.41) is 0. The summed E-state index contributed by atoms with van der Waals surface area (Å²) in [5.74, 6) is 0. The Morgan fingerprint density at radius 3 is 0.972 bits per heavy atom. The van der Waals surface area contributed by atoms with Crippen LogP contribution in [0.15, 0.2) is 0 Å². The summed E-state index contributed by atoms with van der Waals surface area (Å²) in [6.07, 6.45) is -8.86. The van der Waals surface area contributed by atoms with Crippen molar-refractivity contribution in [2.24, 2.45) is 21.7 Å². The molecule has 1 rings (SSSR count). The van der Waals surface area contributed by atoms with Crippen molar-refractivity contribution in [2.45, 2.75) is 53.9 Å². The van der Waals surface area contributed by atoms with Crippen molar-refractivity contribution in [3.63, 3.8) is 0 Å². The van der Waals surface area contributed by atoms with Crippen molar-refractivity contribution >= 4 is 0 Å². The van der Waals surface area contributed by atoms with Gasteiger partial charge in [0.1, 0.15) is 13.2 Å². The molecule has 1 fully saturated rings. The topological polar surface area (TPSA) is 55.4 Å². The Morgan fingerprint density at radius 2 is 0.750 bits per heavy atom. The molecule has 0 aromatic rings. The zero-order chi connectivity index (χ0) is 27.7. The van der Waals surface area contributed by atoms with Gasteiger partial charge in [0.15, 0.2) is 0 Å². The number of ether oxygens (including phenoxy) is 6. The van der Waals surface area contributed by atoms with Crippen molar-refractivity contribution in [1.82, 2.24) is 0 Å². The molecule has 1 saturated heterocycles. The van der Waals surface area contributed by atoms with Crippen LogP contribution in [0.2, 0.25) is 0 Å². The van der Waals surface area contributed by atoms with Crippen LogP contribution >= 0.6 is 0 Å². The fourth-order valence-electron chi connectivity index (χ4n) is 3.45. The first-order chi connectivity index (χ1) is 16.2. The summed E-state index contributed by atoms with van der Waals surface area (Å²) < 4.78 is 109. The SMILES string of the molecule is CC1(C)COC[C@](C)(COCC(F)(F)F)COCC(C)(C)COC[C@](C)(COCC(F)(F)F)COC1. The van der Waals surface area contributed by atoms with Crippen molar-refractivity contribution in [2.75, 3.05) is 79.3 Å². The Bertz CT molecular complexity index is 558. The minimum Gasteiger partial charge on any atom is -0.380 e. The molecule has 216 valence electrons. The van der Waals surface area contributed by atoms with E-state index in [4.69, 9.17) is 28.4 Å². The third-order valence-corrected chi connectivity index (χ3v) is 5.21. The molecule has 6 nitrogen and oxygen atoms in total. The molecule has 0 radical (unpaired) electrons. The molecule has 36 heavy (non-hydrogen) atoms. The number of halogens is 6. The fourth-order valence-corrected chi connectivity index (χ4v) is 3.45. The number of hydrogen-bond donors (Lipinski definition) is 0. The highest BCUT2D eigenvalue weighted by atomic mass is 19.4. The van der Waals surface area contributed by atoms with Crippen molar-refractivity contribution < 1.29 is 54.8 Å². The fraction of sp³-hybridized carbons (Fsp3) is 1.00. The summed E-state index contributed by atoms with van der Waals surface area (Å²) >= 11 is 0. The molecule has 0 amide bonds. The largest absolute Gasteiger partial charge is 0.411 e. The first-order valence-electron chi connectivity index (χ1n) is 11.8. The second-order valence-electron chi connectivity index (χ2n) is 12.1.